The minimum atomic E-state index is 0.194. The second-order valence-electron chi connectivity index (χ2n) is 5.23. The lowest BCUT2D eigenvalue weighted by atomic mass is 9.92. The first-order valence-electron chi connectivity index (χ1n) is 7.05. The van der Waals surface area contributed by atoms with E-state index < -0.39 is 0 Å². The number of hydrogen-bond acceptors (Lipinski definition) is 1. The zero-order valence-electron chi connectivity index (χ0n) is 11.6. The van der Waals surface area contributed by atoms with Crippen molar-refractivity contribution >= 4 is 10.9 Å². The van der Waals surface area contributed by atoms with Crippen LogP contribution in [0.15, 0.2) is 54.7 Å². The molecule has 0 amide bonds. The van der Waals surface area contributed by atoms with Gasteiger partial charge in [0.05, 0.1) is 0 Å². The van der Waals surface area contributed by atoms with Crippen LogP contribution in [0.5, 0.6) is 0 Å². The predicted molar refractivity (Wildman–Crippen MR) is 83.0 cm³/mol. The third-order valence-electron chi connectivity index (χ3n) is 3.94. The number of fused-ring (bicyclic) bond motifs is 1. The van der Waals surface area contributed by atoms with Crippen LogP contribution in [0.1, 0.15) is 29.5 Å². The SMILES string of the molecule is CC(c1ccccc1)c1c[nH]c2ccc(CCO)cc12. The number of rotatable bonds is 4. The van der Waals surface area contributed by atoms with Gasteiger partial charge >= 0.3 is 0 Å². The summed E-state index contributed by atoms with van der Waals surface area (Å²) in [7, 11) is 0. The van der Waals surface area contributed by atoms with Gasteiger partial charge in [-0.15, -0.1) is 0 Å². The first kappa shape index (κ1) is 12.9. The molecular formula is C18H19NO. The quantitative estimate of drug-likeness (QED) is 0.738. The van der Waals surface area contributed by atoms with E-state index in [2.05, 4.69) is 60.6 Å². The second-order valence-corrected chi connectivity index (χ2v) is 5.23. The molecule has 1 unspecified atom stereocenters. The van der Waals surface area contributed by atoms with Crippen molar-refractivity contribution in [2.75, 3.05) is 6.61 Å². The molecule has 102 valence electrons. The van der Waals surface area contributed by atoms with Gasteiger partial charge in [0.25, 0.3) is 0 Å². The predicted octanol–water partition coefficient (Wildman–Crippen LogP) is 3.85. The monoisotopic (exact) mass is 265 g/mol. The van der Waals surface area contributed by atoms with E-state index >= 15 is 0 Å². The number of aliphatic hydroxyl groups is 1. The molecule has 3 aromatic rings. The van der Waals surface area contributed by atoms with E-state index in [1.54, 1.807) is 0 Å². The molecule has 2 heteroatoms. The second kappa shape index (κ2) is 5.51. The minimum Gasteiger partial charge on any atom is -0.396 e. The molecule has 1 heterocycles. The number of hydrogen-bond donors (Lipinski definition) is 2. The van der Waals surface area contributed by atoms with Crippen LogP contribution in [0, 0.1) is 0 Å². The first-order chi connectivity index (χ1) is 9.79. The molecule has 0 radical (unpaired) electrons. The summed E-state index contributed by atoms with van der Waals surface area (Å²) in [6, 6.07) is 16.9. The molecule has 0 bridgehead atoms. The number of aromatic nitrogens is 1. The van der Waals surface area contributed by atoms with Gasteiger partial charge in [0, 0.05) is 29.6 Å². The Morgan fingerprint density at radius 2 is 1.90 bits per heavy atom. The van der Waals surface area contributed by atoms with Crippen LogP contribution in [0.4, 0.5) is 0 Å². The minimum absolute atomic E-state index is 0.194. The van der Waals surface area contributed by atoms with Crippen LogP contribution < -0.4 is 0 Å². The molecule has 20 heavy (non-hydrogen) atoms. The van der Waals surface area contributed by atoms with E-state index in [4.69, 9.17) is 5.11 Å². The lowest BCUT2D eigenvalue weighted by Crippen LogP contribution is -1.95. The Bertz CT molecular complexity index is 700. The molecule has 3 rings (SSSR count). The lowest BCUT2D eigenvalue weighted by molar-refractivity contribution is 0.299. The molecule has 0 aliphatic carbocycles. The highest BCUT2D eigenvalue weighted by atomic mass is 16.2. The number of nitrogens with one attached hydrogen (secondary N) is 1. The van der Waals surface area contributed by atoms with E-state index in [9.17, 15) is 0 Å². The topological polar surface area (TPSA) is 36.0 Å². The molecule has 1 atom stereocenters. The van der Waals surface area contributed by atoms with Gasteiger partial charge in [0.15, 0.2) is 0 Å². The van der Waals surface area contributed by atoms with Gasteiger partial charge in [-0.2, -0.15) is 0 Å². The molecule has 2 nitrogen and oxygen atoms in total. The highest BCUT2D eigenvalue weighted by Gasteiger charge is 2.13. The van der Waals surface area contributed by atoms with Gasteiger partial charge in [-0.3, -0.25) is 0 Å². The molecule has 2 aromatic carbocycles. The number of aromatic amines is 1. The average Bonchev–Trinajstić information content (AvgIpc) is 2.91. The van der Waals surface area contributed by atoms with Crippen molar-refractivity contribution in [2.24, 2.45) is 0 Å². The third-order valence-corrected chi connectivity index (χ3v) is 3.94. The van der Waals surface area contributed by atoms with E-state index in [1.807, 2.05) is 6.07 Å². The van der Waals surface area contributed by atoms with E-state index in [-0.39, 0.29) is 6.61 Å². The summed E-state index contributed by atoms with van der Waals surface area (Å²) < 4.78 is 0. The van der Waals surface area contributed by atoms with E-state index in [1.165, 1.54) is 22.1 Å². The first-order valence-corrected chi connectivity index (χ1v) is 7.05. The molecule has 0 aliphatic heterocycles. The maximum Gasteiger partial charge on any atom is 0.0471 e. The van der Waals surface area contributed by atoms with E-state index in [0.29, 0.717) is 12.3 Å². The zero-order chi connectivity index (χ0) is 13.9. The van der Waals surface area contributed by atoms with Crippen molar-refractivity contribution in [2.45, 2.75) is 19.3 Å². The summed E-state index contributed by atoms with van der Waals surface area (Å²) in [5, 5.41) is 10.3. The Labute approximate surface area is 119 Å². The third kappa shape index (κ3) is 2.35. The summed E-state index contributed by atoms with van der Waals surface area (Å²) >= 11 is 0. The molecule has 0 saturated heterocycles. The molecule has 2 N–H and O–H groups in total. The maximum absolute atomic E-state index is 9.09. The Balaban J connectivity index is 2.05. The van der Waals surface area contributed by atoms with Crippen molar-refractivity contribution in [3.63, 3.8) is 0 Å². The van der Waals surface area contributed by atoms with Crippen molar-refractivity contribution in [3.8, 4) is 0 Å². The number of benzene rings is 2. The van der Waals surface area contributed by atoms with Crippen molar-refractivity contribution in [1.82, 2.24) is 4.98 Å². The van der Waals surface area contributed by atoms with Gasteiger partial charge in [-0.25, -0.2) is 0 Å². The molecule has 0 saturated carbocycles. The molecule has 0 aliphatic rings. The lowest BCUT2D eigenvalue weighted by Gasteiger charge is -2.11. The standard InChI is InChI=1S/C18H19NO/c1-13(15-5-3-2-4-6-15)17-12-19-18-8-7-14(9-10-20)11-16(17)18/h2-8,11-13,19-20H,9-10H2,1H3. The maximum atomic E-state index is 9.09. The van der Waals surface area contributed by atoms with Crippen LogP contribution in [0.3, 0.4) is 0 Å². The van der Waals surface area contributed by atoms with Gasteiger partial charge in [0.2, 0.25) is 0 Å². The van der Waals surface area contributed by atoms with Crippen LogP contribution >= 0.6 is 0 Å². The summed E-state index contributed by atoms with van der Waals surface area (Å²) in [6.45, 7) is 2.43. The van der Waals surface area contributed by atoms with Crippen LogP contribution in [0.2, 0.25) is 0 Å². The highest BCUT2D eigenvalue weighted by Crippen LogP contribution is 2.30. The highest BCUT2D eigenvalue weighted by molar-refractivity contribution is 5.84. The Kier molecular flexibility index (Phi) is 3.57. The Morgan fingerprint density at radius 1 is 1.10 bits per heavy atom. The zero-order valence-corrected chi connectivity index (χ0v) is 11.6. The molecule has 0 fully saturated rings. The van der Waals surface area contributed by atoms with Crippen molar-refractivity contribution < 1.29 is 5.11 Å². The molecule has 0 spiro atoms. The largest absolute Gasteiger partial charge is 0.396 e. The van der Waals surface area contributed by atoms with Crippen molar-refractivity contribution in [1.29, 1.82) is 0 Å². The average molecular weight is 265 g/mol. The summed E-state index contributed by atoms with van der Waals surface area (Å²) in [6.07, 6.45) is 2.81. The van der Waals surface area contributed by atoms with Crippen LogP contribution in [-0.4, -0.2) is 16.7 Å². The smallest absolute Gasteiger partial charge is 0.0471 e. The fourth-order valence-corrected chi connectivity index (χ4v) is 2.75. The van der Waals surface area contributed by atoms with Gasteiger partial charge < -0.3 is 10.1 Å². The summed E-state index contributed by atoms with van der Waals surface area (Å²) in [5.41, 5.74) is 4.97. The summed E-state index contributed by atoms with van der Waals surface area (Å²) in [5.74, 6) is 0.356. The van der Waals surface area contributed by atoms with Gasteiger partial charge in [0.1, 0.15) is 0 Å². The van der Waals surface area contributed by atoms with Crippen molar-refractivity contribution in [3.05, 3.63) is 71.4 Å². The number of H-pyrrole nitrogens is 1. The van der Waals surface area contributed by atoms with Crippen LogP contribution in [0.25, 0.3) is 10.9 Å². The summed E-state index contributed by atoms with van der Waals surface area (Å²) in [4.78, 5) is 3.35. The van der Waals surface area contributed by atoms with Crippen LogP contribution in [-0.2, 0) is 6.42 Å². The Morgan fingerprint density at radius 3 is 2.65 bits per heavy atom. The molecule has 1 aromatic heterocycles. The fourth-order valence-electron chi connectivity index (χ4n) is 2.75. The van der Waals surface area contributed by atoms with Gasteiger partial charge in [-0.05, 0) is 35.2 Å². The van der Waals surface area contributed by atoms with Gasteiger partial charge in [-0.1, -0.05) is 43.3 Å². The fraction of sp³-hybridized carbons (Fsp3) is 0.222. The number of aliphatic hydroxyl groups excluding tert-OH is 1. The normalized spacial score (nSPS) is 12.7. The van der Waals surface area contributed by atoms with E-state index in [0.717, 1.165) is 5.52 Å². The Hall–Kier alpha value is -2.06. The molecular weight excluding hydrogens is 246 g/mol.